The van der Waals surface area contributed by atoms with Gasteiger partial charge >= 0.3 is 0 Å². The van der Waals surface area contributed by atoms with Gasteiger partial charge in [0.25, 0.3) is 11.8 Å². The molecule has 0 saturated carbocycles. The summed E-state index contributed by atoms with van der Waals surface area (Å²) in [5, 5.41) is 0. The van der Waals surface area contributed by atoms with Crippen LogP contribution in [0.25, 0.3) is 0 Å². The Morgan fingerprint density at radius 2 is 1.46 bits per heavy atom. The van der Waals surface area contributed by atoms with Crippen molar-refractivity contribution in [2.24, 2.45) is 0 Å². The third kappa shape index (κ3) is 5.77. The molecule has 7 heteroatoms. The minimum absolute atomic E-state index is 0.196. The molecular formula is C19H21BrN2O4. The molecule has 0 unspecified atom stereocenters. The number of para-hydroxylation sites is 1. The third-order valence-electron chi connectivity index (χ3n) is 3.59. The molecule has 26 heavy (non-hydrogen) atoms. The van der Waals surface area contributed by atoms with E-state index < -0.39 is 11.8 Å². The molecule has 6 nitrogen and oxygen atoms in total. The molecule has 2 N–H and O–H groups in total. The molecular weight excluding hydrogens is 400 g/mol. The van der Waals surface area contributed by atoms with E-state index in [4.69, 9.17) is 9.47 Å². The highest BCUT2D eigenvalue weighted by Gasteiger charge is 2.09. The van der Waals surface area contributed by atoms with Gasteiger partial charge in [-0.1, -0.05) is 34.1 Å². The fourth-order valence-corrected chi connectivity index (χ4v) is 2.77. The quantitative estimate of drug-likeness (QED) is 0.704. The molecule has 0 aromatic heterocycles. The molecule has 0 heterocycles. The predicted molar refractivity (Wildman–Crippen MR) is 102 cm³/mol. The van der Waals surface area contributed by atoms with Crippen molar-refractivity contribution in [1.82, 2.24) is 10.9 Å². The Balaban J connectivity index is 1.74. The Morgan fingerprint density at radius 1 is 0.885 bits per heavy atom. The van der Waals surface area contributed by atoms with E-state index in [1.54, 1.807) is 6.07 Å². The zero-order chi connectivity index (χ0) is 19.1. The highest BCUT2D eigenvalue weighted by atomic mass is 79.9. The molecule has 2 aromatic rings. The molecule has 2 aromatic carbocycles. The number of rotatable bonds is 6. The Kier molecular flexibility index (Phi) is 7.03. The first-order valence-electron chi connectivity index (χ1n) is 8.02. The average molecular weight is 421 g/mol. The first-order valence-corrected chi connectivity index (χ1v) is 8.81. The number of aryl methyl sites for hydroxylation is 3. The van der Waals surface area contributed by atoms with Crippen LogP contribution in [0.15, 0.2) is 40.9 Å². The van der Waals surface area contributed by atoms with Gasteiger partial charge in [-0.15, -0.1) is 0 Å². The number of hydrogen-bond acceptors (Lipinski definition) is 4. The van der Waals surface area contributed by atoms with Crippen molar-refractivity contribution >= 4 is 27.7 Å². The second-order valence-corrected chi connectivity index (χ2v) is 6.72. The summed E-state index contributed by atoms with van der Waals surface area (Å²) in [6.45, 7) is 5.29. The first kappa shape index (κ1) is 19.8. The lowest BCUT2D eigenvalue weighted by molar-refractivity contribution is -0.131. The van der Waals surface area contributed by atoms with Gasteiger partial charge < -0.3 is 9.47 Å². The van der Waals surface area contributed by atoms with Gasteiger partial charge in [-0.25, -0.2) is 0 Å². The van der Waals surface area contributed by atoms with Crippen LogP contribution in [0.3, 0.4) is 0 Å². The van der Waals surface area contributed by atoms with Crippen molar-refractivity contribution in [3.8, 4) is 11.5 Å². The van der Waals surface area contributed by atoms with Crippen LogP contribution in [0.5, 0.6) is 11.5 Å². The van der Waals surface area contributed by atoms with Gasteiger partial charge in [0.1, 0.15) is 11.5 Å². The van der Waals surface area contributed by atoms with E-state index >= 15 is 0 Å². The minimum atomic E-state index is -0.465. The van der Waals surface area contributed by atoms with Crippen LogP contribution in [0, 0.1) is 20.8 Å². The van der Waals surface area contributed by atoms with Gasteiger partial charge in [-0.3, -0.25) is 20.4 Å². The van der Waals surface area contributed by atoms with Crippen molar-refractivity contribution in [2.75, 3.05) is 13.2 Å². The Hall–Kier alpha value is -2.54. The van der Waals surface area contributed by atoms with E-state index in [9.17, 15) is 9.59 Å². The summed E-state index contributed by atoms with van der Waals surface area (Å²) in [6, 6.07) is 11.2. The minimum Gasteiger partial charge on any atom is -0.483 e. The maximum absolute atomic E-state index is 11.8. The maximum Gasteiger partial charge on any atom is 0.276 e. The van der Waals surface area contributed by atoms with Crippen LogP contribution >= 0.6 is 15.9 Å². The lowest BCUT2D eigenvalue weighted by Gasteiger charge is -2.13. The lowest BCUT2D eigenvalue weighted by atomic mass is 10.1. The SMILES string of the molecule is Cc1cc(Br)ccc1OCC(=O)NNC(=O)COc1c(C)cccc1C. The largest absolute Gasteiger partial charge is 0.483 e. The third-order valence-corrected chi connectivity index (χ3v) is 4.09. The van der Waals surface area contributed by atoms with E-state index in [1.807, 2.05) is 51.1 Å². The second-order valence-electron chi connectivity index (χ2n) is 5.80. The number of carbonyl (C=O) groups is 2. The smallest absolute Gasteiger partial charge is 0.276 e. The number of nitrogens with one attached hydrogen (secondary N) is 2. The molecule has 0 radical (unpaired) electrons. The Labute approximate surface area is 161 Å². The summed E-state index contributed by atoms with van der Waals surface area (Å²) >= 11 is 3.36. The van der Waals surface area contributed by atoms with Crippen LogP contribution in [0.1, 0.15) is 16.7 Å². The number of amides is 2. The van der Waals surface area contributed by atoms with Crippen molar-refractivity contribution in [1.29, 1.82) is 0 Å². The number of benzene rings is 2. The summed E-state index contributed by atoms with van der Waals surface area (Å²) in [6.07, 6.45) is 0. The number of hydrogen-bond donors (Lipinski definition) is 2. The van der Waals surface area contributed by atoms with Crippen LogP contribution in [0.4, 0.5) is 0 Å². The first-order chi connectivity index (χ1) is 12.4. The van der Waals surface area contributed by atoms with Crippen LogP contribution in [-0.4, -0.2) is 25.0 Å². The summed E-state index contributed by atoms with van der Waals surface area (Å²) < 4.78 is 11.9. The van der Waals surface area contributed by atoms with Gasteiger partial charge in [0.15, 0.2) is 13.2 Å². The molecule has 138 valence electrons. The zero-order valence-corrected chi connectivity index (χ0v) is 16.5. The van der Waals surface area contributed by atoms with E-state index in [2.05, 4.69) is 26.8 Å². The molecule has 0 aliphatic rings. The molecule has 2 rings (SSSR count). The predicted octanol–water partition coefficient (Wildman–Crippen LogP) is 2.98. The number of hydrazine groups is 1. The average Bonchev–Trinajstić information content (AvgIpc) is 2.58. The highest BCUT2D eigenvalue weighted by Crippen LogP contribution is 2.22. The summed E-state index contributed by atoms with van der Waals surface area (Å²) in [7, 11) is 0. The van der Waals surface area contributed by atoms with Gasteiger partial charge in [0.05, 0.1) is 0 Å². The summed E-state index contributed by atoms with van der Waals surface area (Å²) in [4.78, 5) is 23.6. The van der Waals surface area contributed by atoms with Crippen molar-refractivity contribution in [3.63, 3.8) is 0 Å². The molecule has 0 fully saturated rings. The number of carbonyl (C=O) groups excluding carboxylic acids is 2. The van der Waals surface area contributed by atoms with Crippen LogP contribution in [-0.2, 0) is 9.59 Å². The monoisotopic (exact) mass is 420 g/mol. The van der Waals surface area contributed by atoms with Crippen molar-refractivity contribution in [2.45, 2.75) is 20.8 Å². The fraction of sp³-hybridized carbons (Fsp3) is 0.263. The second kappa shape index (κ2) is 9.24. The van der Waals surface area contributed by atoms with Crippen molar-refractivity contribution in [3.05, 3.63) is 57.6 Å². The molecule has 0 atom stereocenters. The standard InChI is InChI=1S/C19H21BrN2O4/c1-12-5-4-6-13(2)19(12)26-11-18(24)22-21-17(23)10-25-16-8-7-15(20)9-14(16)3/h4-9H,10-11H2,1-3H3,(H,21,23)(H,22,24). The summed E-state index contributed by atoms with van der Waals surface area (Å²) in [5.74, 6) is 0.352. The highest BCUT2D eigenvalue weighted by molar-refractivity contribution is 9.10. The molecule has 0 saturated heterocycles. The van der Waals surface area contributed by atoms with Gasteiger partial charge in [-0.05, 0) is 55.7 Å². The van der Waals surface area contributed by atoms with Crippen LogP contribution < -0.4 is 20.3 Å². The fourth-order valence-electron chi connectivity index (χ4n) is 2.29. The molecule has 2 amide bonds. The molecule has 0 spiro atoms. The number of ether oxygens (including phenoxy) is 2. The molecule has 0 bridgehead atoms. The molecule has 0 aliphatic heterocycles. The van der Waals surface area contributed by atoms with Crippen LogP contribution in [0.2, 0.25) is 0 Å². The Bertz CT molecular complexity index is 788. The molecule has 0 aliphatic carbocycles. The summed E-state index contributed by atoms with van der Waals surface area (Å²) in [5.41, 5.74) is 7.39. The number of halogens is 1. The van der Waals surface area contributed by atoms with Crippen molar-refractivity contribution < 1.29 is 19.1 Å². The van der Waals surface area contributed by atoms with Gasteiger partial charge in [0.2, 0.25) is 0 Å². The van der Waals surface area contributed by atoms with E-state index in [-0.39, 0.29) is 13.2 Å². The Morgan fingerprint density at radius 3 is 2.04 bits per heavy atom. The van der Waals surface area contributed by atoms with E-state index in [1.165, 1.54) is 0 Å². The normalized spacial score (nSPS) is 10.2. The maximum atomic E-state index is 11.8. The topological polar surface area (TPSA) is 76.7 Å². The zero-order valence-electron chi connectivity index (χ0n) is 14.9. The van der Waals surface area contributed by atoms with E-state index in [0.29, 0.717) is 11.5 Å². The van der Waals surface area contributed by atoms with Gasteiger partial charge in [-0.2, -0.15) is 0 Å². The lowest BCUT2D eigenvalue weighted by Crippen LogP contribution is -2.45. The van der Waals surface area contributed by atoms with Gasteiger partial charge in [0, 0.05) is 4.47 Å². The van der Waals surface area contributed by atoms with E-state index in [0.717, 1.165) is 21.2 Å².